The van der Waals surface area contributed by atoms with Crippen LogP contribution in [0, 0.1) is 13.8 Å². The maximum absolute atomic E-state index is 12.5. The molecule has 2 aromatic rings. The Kier molecular flexibility index (Phi) is 6.43. The minimum Gasteiger partial charge on any atom is -0.325 e. The Balaban J connectivity index is 1.65. The number of rotatable bonds is 7. The second kappa shape index (κ2) is 8.67. The minimum absolute atomic E-state index is 0.0574. The molecule has 0 saturated carbocycles. The molecule has 0 radical (unpaired) electrons. The van der Waals surface area contributed by atoms with E-state index in [9.17, 15) is 13.2 Å². The quantitative estimate of drug-likeness (QED) is 0.747. The number of nitrogens with one attached hydrogen (secondary N) is 1. The third-order valence-corrected chi connectivity index (χ3v) is 7.29. The van der Waals surface area contributed by atoms with Crippen LogP contribution in [-0.2, 0) is 27.6 Å². The van der Waals surface area contributed by atoms with Crippen molar-refractivity contribution in [2.24, 2.45) is 0 Å². The molecule has 0 unspecified atom stereocenters. The summed E-state index contributed by atoms with van der Waals surface area (Å²) in [7, 11) is -1.06. The third-order valence-electron chi connectivity index (χ3n) is 5.54. The predicted octanol–water partition coefficient (Wildman–Crippen LogP) is 2.49. The molecule has 29 heavy (non-hydrogen) atoms. The van der Waals surface area contributed by atoms with Gasteiger partial charge in [0, 0.05) is 23.5 Å². The third kappa shape index (κ3) is 5.05. The molecular formula is C21H30N4O3S. The standard InChI is InChI=1S/C21H30N4O3S/c1-5-17-8-6-7-9-20(17)22-21(26)13-24(4)12-19-15(2)23-25(16(19)3)18-10-11-29(27,28)14-18/h6-9,18H,5,10-14H2,1-4H3,(H,22,26)/t18-/m0/s1. The molecule has 1 aromatic carbocycles. The number of hydrogen-bond donors (Lipinski definition) is 1. The van der Waals surface area contributed by atoms with Gasteiger partial charge in [-0.25, -0.2) is 8.42 Å². The number of sulfone groups is 1. The molecule has 0 spiro atoms. The van der Waals surface area contributed by atoms with Crippen molar-refractivity contribution in [2.75, 3.05) is 30.4 Å². The summed E-state index contributed by atoms with van der Waals surface area (Å²) in [4.78, 5) is 14.5. The fourth-order valence-electron chi connectivity index (χ4n) is 3.96. The highest BCUT2D eigenvalue weighted by atomic mass is 32.2. The van der Waals surface area contributed by atoms with Crippen molar-refractivity contribution in [3.63, 3.8) is 0 Å². The van der Waals surface area contributed by atoms with Crippen LogP contribution in [0.1, 0.15) is 41.9 Å². The summed E-state index contributed by atoms with van der Waals surface area (Å²) in [6.07, 6.45) is 1.47. The van der Waals surface area contributed by atoms with Crippen molar-refractivity contribution in [3.05, 3.63) is 46.8 Å². The van der Waals surface area contributed by atoms with Crippen molar-refractivity contribution in [2.45, 2.75) is 46.2 Å². The molecule has 1 N–H and O–H groups in total. The topological polar surface area (TPSA) is 84.3 Å². The Labute approximate surface area is 173 Å². The number of carbonyl (C=O) groups is 1. The van der Waals surface area contributed by atoms with Crippen molar-refractivity contribution in [3.8, 4) is 0 Å². The van der Waals surface area contributed by atoms with Crippen molar-refractivity contribution < 1.29 is 13.2 Å². The van der Waals surface area contributed by atoms with Gasteiger partial charge in [0.05, 0.1) is 29.8 Å². The Hall–Kier alpha value is -2.19. The molecule has 1 saturated heterocycles. The summed E-state index contributed by atoms with van der Waals surface area (Å²) < 4.78 is 25.5. The first-order valence-electron chi connectivity index (χ1n) is 10.0. The van der Waals surface area contributed by atoms with E-state index in [-0.39, 0.29) is 30.0 Å². The Morgan fingerprint density at radius 2 is 2.03 bits per heavy atom. The lowest BCUT2D eigenvalue weighted by Gasteiger charge is -2.18. The van der Waals surface area contributed by atoms with Crippen molar-refractivity contribution >= 4 is 21.4 Å². The summed E-state index contributed by atoms with van der Waals surface area (Å²) in [6, 6.07) is 7.74. The molecule has 3 rings (SSSR count). The summed E-state index contributed by atoms with van der Waals surface area (Å²) in [5.41, 5.74) is 4.89. The monoisotopic (exact) mass is 418 g/mol. The molecule has 1 fully saturated rings. The maximum Gasteiger partial charge on any atom is 0.238 e. The molecule has 1 aliphatic rings. The van der Waals surface area contributed by atoms with Gasteiger partial charge in [-0.05, 0) is 45.4 Å². The number of anilines is 1. The number of aryl methyl sites for hydroxylation is 2. The van der Waals surface area contributed by atoms with Crippen LogP contribution in [-0.4, -0.2) is 54.1 Å². The van der Waals surface area contributed by atoms with Gasteiger partial charge in [0.15, 0.2) is 9.84 Å². The van der Waals surface area contributed by atoms with Crippen molar-refractivity contribution in [1.82, 2.24) is 14.7 Å². The van der Waals surface area contributed by atoms with Crippen LogP contribution in [0.3, 0.4) is 0 Å². The van der Waals surface area contributed by atoms with Gasteiger partial charge in [0.1, 0.15) is 0 Å². The number of likely N-dealkylation sites (N-methyl/N-ethyl adjacent to an activating group) is 1. The van der Waals surface area contributed by atoms with E-state index < -0.39 is 9.84 Å². The zero-order valence-corrected chi connectivity index (χ0v) is 18.4. The van der Waals surface area contributed by atoms with Gasteiger partial charge in [0.2, 0.25) is 5.91 Å². The van der Waals surface area contributed by atoms with Crippen LogP contribution in [0.15, 0.2) is 24.3 Å². The lowest BCUT2D eigenvalue weighted by atomic mass is 10.1. The lowest BCUT2D eigenvalue weighted by molar-refractivity contribution is -0.117. The second-order valence-electron chi connectivity index (χ2n) is 7.88. The van der Waals surface area contributed by atoms with Crippen molar-refractivity contribution in [1.29, 1.82) is 0 Å². The normalized spacial score (nSPS) is 18.3. The van der Waals surface area contributed by atoms with E-state index in [4.69, 9.17) is 0 Å². The fraction of sp³-hybridized carbons (Fsp3) is 0.524. The lowest BCUT2D eigenvalue weighted by Crippen LogP contribution is -2.30. The molecule has 1 aromatic heterocycles. The van der Waals surface area contributed by atoms with Gasteiger partial charge in [0.25, 0.3) is 0 Å². The summed E-state index contributed by atoms with van der Waals surface area (Å²) in [5.74, 6) is 0.326. The van der Waals surface area contributed by atoms with Gasteiger partial charge >= 0.3 is 0 Å². The zero-order valence-electron chi connectivity index (χ0n) is 17.6. The van der Waals surface area contributed by atoms with Gasteiger partial charge < -0.3 is 5.32 Å². The Bertz CT molecular complexity index is 997. The summed E-state index contributed by atoms with van der Waals surface area (Å²) >= 11 is 0. The summed E-state index contributed by atoms with van der Waals surface area (Å²) in [5, 5.41) is 7.60. The molecule has 7 nitrogen and oxygen atoms in total. The van der Waals surface area contributed by atoms with E-state index in [1.807, 2.05) is 54.7 Å². The first kappa shape index (κ1) is 21.5. The zero-order chi connectivity index (χ0) is 21.2. The number of hydrogen-bond acceptors (Lipinski definition) is 5. The molecule has 0 bridgehead atoms. The Morgan fingerprint density at radius 3 is 2.69 bits per heavy atom. The SMILES string of the molecule is CCc1ccccc1NC(=O)CN(C)Cc1c(C)nn([C@H]2CCS(=O)(=O)C2)c1C. The number of nitrogens with zero attached hydrogens (tertiary/aromatic N) is 3. The first-order valence-corrected chi connectivity index (χ1v) is 11.8. The van der Waals surface area contributed by atoms with E-state index in [0.717, 1.165) is 34.6 Å². The fourth-order valence-corrected chi connectivity index (χ4v) is 5.65. The summed E-state index contributed by atoms with van der Waals surface area (Å²) in [6.45, 7) is 6.83. The predicted molar refractivity (Wildman–Crippen MR) is 115 cm³/mol. The van der Waals surface area contributed by atoms with Gasteiger partial charge in [-0.2, -0.15) is 5.10 Å². The molecule has 0 aliphatic carbocycles. The molecule has 2 heterocycles. The van der Waals surface area contributed by atoms with Gasteiger partial charge in [-0.15, -0.1) is 0 Å². The second-order valence-corrected chi connectivity index (χ2v) is 10.1. The molecule has 1 aliphatic heterocycles. The van der Waals surface area contributed by atoms with Crippen LogP contribution in [0.5, 0.6) is 0 Å². The van der Waals surface area contributed by atoms with E-state index in [1.165, 1.54) is 0 Å². The Morgan fingerprint density at radius 1 is 1.31 bits per heavy atom. The van der Waals surface area contributed by atoms with Gasteiger partial charge in [-0.3, -0.25) is 14.4 Å². The number of benzene rings is 1. The minimum atomic E-state index is -2.96. The molecule has 1 atom stereocenters. The number of amides is 1. The molecule has 8 heteroatoms. The van der Waals surface area contributed by atoms with Crippen LogP contribution < -0.4 is 5.32 Å². The smallest absolute Gasteiger partial charge is 0.238 e. The highest BCUT2D eigenvalue weighted by Gasteiger charge is 2.31. The van der Waals surface area contributed by atoms with E-state index in [1.54, 1.807) is 0 Å². The molecule has 1 amide bonds. The van der Waals surface area contributed by atoms with Gasteiger partial charge in [-0.1, -0.05) is 25.1 Å². The maximum atomic E-state index is 12.5. The van der Waals surface area contributed by atoms with E-state index in [0.29, 0.717) is 13.0 Å². The van der Waals surface area contributed by atoms with E-state index >= 15 is 0 Å². The molecule has 158 valence electrons. The number of para-hydroxylation sites is 1. The van der Waals surface area contributed by atoms with Crippen LogP contribution in [0.2, 0.25) is 0 Å². The average Bonchev–Trinajstić information content (AvgIpc) is 3.15. The number of carbonyl (C=O) groups excluding carboxylic acids is 1. The average molecular weight is 419 g/mol. The largest absolute Gasteiger partial charge is 0.325 e. The number of aromatic nitrogens is 2. The molecular weight excluding hydrogens is 388 g/mol. The highest BCUT2D eigenvalue weighted by molar-refractivity contribution is 7.91. The van der Waals surface area contributed by atoms with Crippen LogP contribution in [0.4, 0.5) is 5.69 Å². The first-order chi connectivity index (χ1) is 13.7. The van der Waals surface area contributed by atoms with Crippen LogP contribution in [0.25, 0.3) is 0 Å². The highest BCUT2D eigenvalue weighted by Crippen LogP contribution is 2.27. The van der Waals surface area contributed by atoms with Crippen LogP contribution >= 0.6 is 0 Å². The van der Waals surface area contributed by atoms with E-state index in [2.05, 4.69) is 17.3 Å².